The number of hydrogen-bond donors (Lipinski definition) is 1. The van der Waals surface area contributed by atoms with Crippen molar-refractivity contribution in [1.82, 2.24) is 9.97 Å². The molecule has 0 fully saturated rings. The number of nitrogens with zero attached hydrogens (tertiary/aromatic N) is 2. The quantitative estimate of drug-likeness (QED) is 0.395. The number of carbonyl (C=O) groups is 1. The molecule has 0 saturated carbocycles. The predicted molar refractivity (Wildman–Crippen MR) is 105 cm³/mol. The van der Waals surface area contributed by atoms with E-state index in [1.165, 1.54) is 35.0 Å². The zero-order valence-electron chi connectivity index (χ0n) is 13.4. The van der Waals surface area contributed by atoms with Crippen LogP contribution in [0.3, 0.4) is 0 Å². The standard InChI is InChI=1S/C18H16ClN3OS2/c19-11-7-5-10(6-8-11)13(23)9-24-18-21-16(20)15-12-3-1-2-4-14(12)25-17(15)22-18/h5-8H,1-4,9H2,(H2,20,21,22). The number of nitrogen functional groups attached to an aromatic ring is 1. The van der Waals surface area contributed by atoms with E-state index in [1.54, 1.807) is 35.6 Å². The minimum Gasteiger partial charge on any atom is -0.383 e. The molecule has 0 saturated heterocycles. The van der Waals surface area contributed by atoms with Gasteiger partial charge in [0.15, 0.2) is 10.9 Å². The number of halogens is 1. The Bertz CT molecular complexity index is 953. The highest BCUT2D eigenvalue weighted by atomic mass is 35.5. The van der Waals surface area contributed by atoms with Crippen LogP contribution in [0, 0.1) is 0 Å². The van der Waals surface area contributed by atoms with E-state index in [9.17, 15) is 4.79 Å². The lowest BCUT2D eigenvalue weighted by Gasteiger charge is -2.10. The molecule has 1 aliphatic carbocycles. The van der Waals surface area contributed by atoms with Gasteiger partial charge in [0.1, 0.15) is 10.6 Å². The first kappa shape index (κ1) is 16.8. The molecule has 0 spiro atoms. The van der Waals surface area contributed by atoms with Crippen molar-refractivity contribution in [2.24, 2.45) is 0 Å². The lowest BCUT2D eigenvalue weighted by atomic mass is 9.97. The van der Waals surface area contributed by atoms with Crippen LogP contribution in [0.25, 0.3) is 10.2 Å². The number of thioether (sulfide) groups is 1. The monoisotopic (exact) mass is 389 g/mol. The largest absolute Gasteiger partial charge is 0.383 e. The van der Waals surface area contributed by atoms with Crippen LogP contribution in [0.15, 0.2) is 29.4 Å². The number of nitrogens with two attached hydrogens (primary N) is 1. The molecule has 0 atom stereocenters. The average molecular weight is 390 g/mol. The Balaban J connectivity index is 1.55. The summed E-state index contributed by atoms with van der Waals surface area (Å²) in [7, 11) is 0. The van der Waals surface area contributed by atoms with Gasteiger partial charge in [-0.1, -0.05) is 23.4 Å². The van der Waals surface area contributed by atoms with Crippen molar-refractivity contribution in [1.29, 1.82) is 0 Å². The van der Waals surface area contributed by atoms with Crippen molar-refractivity contribution in [3.8, 4) is 0 Å². The summed E-state index contributed by atoms with van der Waals surface area (Å²) >= 11 is 8.90. The van der Waals surface area contributed by atoms with Crippen LogP contribution < -0.4 is 5.73 Å². The van der Waals surface area contributed by atoms with Gasteiger partial charge in [-0.05, 0) is 55.5 Å². The number of fused-ring (bicyclic) bond motifs is 3. The molecule has 3 aromatic rings. The molecule has 0 aliphatic heterocycles. The fraction of sp³-hybridized carbons (Fsp3) is 0.278. The number of rotatable bonds is 4. The van der Waals surface area contributed by atoms with E-state index in [2.05, 4.69) is 9.97 Å². The zero-order chi connectivity index (χ0) is 17.4. The Labute approximate surface area is 158 Å². The number of carbonyl (C=O) groups excluding carboxylic acids is 1. The van der Waals surface area contributed by atoms with Gasteiger partial charge >= 0.3 is 0 Å². The van der Waals surface area contributed by atoms with Crippen LogP contribution in [0.1, 0.15) is 33.6 Å². The van der Waals surface area contributed by atoms with Crippen LogP contribution >= 0.6 is 34.7 Å². The van der Waals surface area contributed by atoms with Gasteiger partial charge in [0.05, 0.1) is 11.1 Å². The Morgan fingerprint density at radius 3 is 2.76 bits per heavy atom. The molecule has 0 unspecified atom stereocenters. The maximum absolute atomic E-state index is 12.3. The van der Waals surface area contributed by atoms with Crippen LogP contribution in [0.5, 0.6) is 0 Å². The lowest BCUT2D eigenvalue weighted by molar-refractivity contribution is 0.102. The minimum absolute atomic E-state index is 0.0226. The highest BCUT2D eigenvalue weighted by molar-refractivity contribution is 7.99. The SMILES string of the molecule is Nc1nc(SCC(=O)c2ccc(Cl)cc2)nc2sc3c(c12)CCCC3. The third-order valence-corrected chi connectivity index (χ3v) is 6.61. The minimum atomic E-state index is 0.0226. The van der Waals surface area contributed by atoms with Crippen LogP contribution in [-0.4, -0.2) is 21.5 Å². The van der Waals surface area contributed by atoms with Crippen molar-refractivity contribution in [2.75, 3.05) is 11.5 Å². The van der Waals surface area contributed by atoms with Gasteiger partial charge in [0.2, 0.25) is 0 Å². The summed E-state index contributed by atoms with van der Waals surface area (Å²) in [6.45, 7) is 0. The number of aryl methyl sites for hydroxylation is 2. The van der Waals surface area contributed by atoms with Gasteiger partial charge in [-0.2, -0.15) is 0 Å². The molecular formula is C18H16ClN3OS2. The molecule has 4 rings (SSSR count). The molecule has 2 aromatic heterocycles. The summed E-state index contributed by atoms with van der Waals surface area (Å²) in [6, 6.07) is 6.90. The van der Waals surface area contributed by atoms with Crippen LogP contribution in [0.2, 0.25) is 5.02 Å². The second-order valence-electron chi connectivity index (χ2n) is 6.00. The lowest BCUT2D eigenvalue weighted by Crippen LogP contribution is -2.04. The zero-order valence-corrected chi connectivity index (χ0v) is 15.8. The van der Waals surface area contributed by atoms with E-state index in [-0.39, 0.29) is 11.5 Å². The third kappa shape index (κ3) is 3.38. The average Bonchev–Trinajstić information content (AvgIpc) is 2.99. The van der Waals surface area contributed by atoms with Crippen molar-refractivity contribution in [3.05, 3.63) is 45.3 Å². The predicted octanol–water partition coefficient (Wildman–Crippen LogP) is 4.78. The number of Topliss-reactive ketones (excluding diaryl/α,β-unsaturated/α-hetero) is 1. The first-order chi connectivity index (χ1) is 12.1. The Kier molecular flexibility index (Phi) is 4.67. The van der Waals surface area contributed by atoms with Gasteiger partial charge in [-0.3, -0.25) is 4.79 Å². The Morgan fingerprint density at radius 2 is 1.96 bits per heavy atom. The fourth-order valence-electron chi connectivity index (χ4n) is 3.08. The number of anilines is 1. The molecule has 128 valence electrons. The number of benzene rings is 1. The maximum Gasteiger partial charge on any atom is 0.191 e. The molecule has 0 radical (unpaired) electrons. The van der Waals surface area contributed by atoms with Crippen molar-refractivity contribution < 1.29 is 4.79 Å². The molecule has 4 nitrogen and oxygen atoms in total. The Hall–Kier alpha value is -1.63. The maximum atomic E-state index is 12.3. The summed E-state index contributed by atoms with van der Waals surface area (Å²) in [5.74, 6) is 0.831. The summed E-state index contributed by atoms with van der Waals surface area (Å²) in [4.78, 5) is 23.7. The molecular weight excluding hydrogens is 374 g/mol. The van der Waals surface area contributed by atoms with E-state index in [1.807, 2.05) is 0 Å². The summed E-state index contributed by atoms with van der Waals surface area (Å²) in [5, 5.41) is 2.20. The normalized spacial score (nSPS) is 13.8. The first-order valence-electron chi connectivity index (χ1n) is 8.11. The molecule has 7 heteroatoms. The molecule has 0 amide bonds. The van der Waals surface area contributed by atoms with Crippen LogP contribution in [-0.2, 0) is 12.8 Å². The van der Waals surface area contributed by atoms with Crippen molar-refractivity contribution >= 4 is 56.5 Å². The highest BCUT2D eigenvalue weighted by Gasteiger charge is 2.20. The smallest absolute Gasteiger partial charge is 0.191 e. The topological polar surface area (TPSA) is 68.9 Å². The number of thiophene rings is 1. The second-order valence-corrected chi connectivity index (χ2v) is 8.46. The van der Waals surface area contributed by atoms with Crippen molar-refractivity contribution in [3.63, 3.8) is 0 Å². The molecule has 2 N–H and O–H groups in total. The third-order valence-electron chi connectivity index (χ3n) is 4.32. The molecule has 1 aliphatic rings. The van der Waals surface area contributed by atoms with Crippen LogP contribution in [0.4, 0.5) is 5.82 Å². The van der Waals surface area contributed by atoms with Gasteiger partial charge in [0, 0.05) is 15.5 Å². The van der Waals surface area contributed by atoms with Crippen molar-refractivity contribution in [2.45, 2.75) is 30.8 Å². The first-order valence-corrected chi connectivity index (χ1v) is 10.3. The summed E-state index contributed by atoms with van der Waals surface area (Å²) < 4.78 is 0. The number of aromatic nitrogens is 2. The molecule has 25 heavy (non-hydrogen) atoms. The van der Waals surface area contributed by atoms with E-state index >= 15 is 0 Å². The van der Waals surface area contributed by atoms with E-state index in [4.69, 9.17) is 17.3 Å². The van der Waals surface area contributed by atoms with Gasteiger partial charge in [-0.15, -0.1) is 11.3 Å². The van der Waals surface area contributed by atoms with E-state index in [0.29, 0.717) is 21.6 Å². The second kappa shape index (κ2) is 6.94. The molecule has 1 aromatic carbocycles. The molecule has 2 heterocycles. The van der Waals surface area contributed by atoms with E-state index < -0.39 is 0 Å². The highest BCUT2D eigenvalue weighted by Crippen LogP contribution is 2.38. The number of ketones is 1. The van der Waals surface area contributed by atoms with Gasteiger partial charge in [0.25, 0.3) is 0 Å². The van der Waals surface area contributed by atoms with Gasteiger partial charge in [-0.25, -0.2) is 9.97 Å². The van der Waals surface area contributed by atoms with Gasteiger partial charge < -0.3 is 5.73 Å². The summed E-state index contributed by atoms with van der Waals surface area (Å²) in [5.41, 5.74) is 8.17. The summed E-state index contributed by atoms with van der Waals surface area (Å²) in [6.07, 6.45) is 4.59. The molecule has 0 bridgehead atoms. The fourth-order valence-corrected chi connectivity index (χ4v) is 5.28. The Morgan fingerprint density at radius 1 is 1.20 bits per heavy atom. The van der Waals surface area contributed by atoms with E-state index in [0.717, 1.165) is 23.1 Å². The number of hydrogen-bond acceptors (Lipinski definition) is 6.